The van der Waals surface area contributed by atoms with Crippen LogP contribution < -0.4 is 0 Å². The molecule has 1 heterocycles. The molecule has 0 saturated carbocycles. The number of rotatable bonds is 1. The fourth-order valence-electron chi connectivity index (χ4n) is 1.10. The predicted octanol–water partition coefficient (Wildman–Crippen LogP) is 3.02. The van der Waals surface area contributed by atoms with Crippen molar-refractivity contribution in [3.8, 4) is 11.3 Å². The van der Waals surface area contributed by atoms with Crippen molar-refractivity contribution in [3.05, 3.63) is 50.3 Å². The van der Waals surface area contributed by atoms with Gasteiger partial charge in [0.2, 0.25) is 0 Å². The molecule has 0 N–H and O–H groups in total. The zero-order valence-corrected chi connectivity index (χ0v) is 11.7. The van der Waals surface area contributed by atoms with E-state index >= 15 is 0 Å². The van der Waals surface area contributed by atoms with Crippen molar-refractivity contribution in [3.63, 3.8) is 0 Å². The van der Waals surface area contributed by atoms with Crippen LogP contribution in [0, 0.1) is 13.5 Å². The van der Waals surface area contributed by atoms with Gasteiger partial charge in [0.1, 0.15) is 0 Å². The Morgan fingerprint density at radius 2 is 2.13 bits per heavy atom. The van der Waals surface area contributed by atoms with Gasteiger partial charge in [-0.15, -0.1) is 35.9 Å². The summed E-state index contributed by atoms with van der Waals surface area (Å²) in [7, 11) is 6.60. The summed E-state index contributed by atoms with van der Waals surface area (Å²) in [6, 6.07) is 11.0. The number of hydrogen-bond acceptors (Lipinski definition) is 1. The maximum absolute atomic E-state index is 4.64. The monoisotopic (exact) mass is 400 g/mol. The minimum absolute atomic E-state index is 0. The van der Waals surface area contributed by atoms with Gasteiger partial charge in [0, 0.05) is 12.7 Å². The first-order valence-corrected chi connectivity index (χ1v) is 6.91. The summed E-state index contributed by atoms with van der Waals surface area (Å²) in [6.45, 7) is 0. The Morgan fingerprint density at radius 1 is 1.40 bits per heavy atom. The van der Waals surface area contributed by atoms with Gasteiger partial charge in [0.05, 0.1) is 6.33 Å². The predicted molar refractivity (Wildman–Crippen MR) is 59.7 cm³/mol. The first kappa shape index (κ1) is 14.4. The Kier molecular flexibility index (Phi) is 7.31. The zero-order valence-electron chi connectivity index (χ0n) is 8.57. The molecule has 0 unspecified atom stereocenters. The van der Waals surface area contributed by atoms with Crippen LogP contribution in [0.4, 0.5) is 0 Å². The van der Waals surface area contributed by atoms with Crippen LogP contribution in [0.15, 0.2) is 36.8 Å². The van der Waals surface area contributed by atoms with E-state index in [1.807, 2.05) is 42.1 Å². The molecule has 0 aliphatic rings. The number of imidazole rings is 1. The standard InChI is InChI=1S/C10H9N2.CH3.ClH.Ir/c1-12-7-10(11-8-12)9-5-3-2-4-6-9;;;/h2-5,7-8H,1H3;1H3;1H;/q2*-1;;+3/p-1. The summed E-state index contributed by atoms with van der Waals surface area (Å²) in [4.78, 5) is 4.22. The molecule has 2 rings (SSSR count). The third-order valence-electron chi connectivity index (χ3n) is 1.69. The molecule has 2 aromatic rings. The molecule has 0 atom stereocenters. The molecule has 0 aliphatic carbocycles. The van der Waals surface area contributed by atoms with Crippen LogP contribution in [0.1, 0.15) is 0 Å². The van der Waals surface area contributed by atoms with Crippen LogP contribution >= 0.6 is 9.58 Å². The number of halogens is 1. The Labute approximate surface area is 105 Å². The number of hydrogen-bond donors (Lipinski definition) is 0. The Hall–Kier alpha value is -0.631. The summed E-state index contributed by atoms with van der Waals surface area (Å²) >= 11 is 1.47. The molecule has 82 valence electrons. The van der Waals surface area contributed by atoms with Crippen molar-refractivity contribution in [2.24, 2.45) is 7.05 Å². The average molecular weight is 400 g/mol. The van der Waals surface area contributed by atoms with E-state index in [9.17, 15) is 0 Å². The van der Waals surface area contributed by atoms with Crippen LogP contribution in [-0.2, 0) is 24.9 Å². The second kappa shape index (κ2) is 7.63. The molecule has 0 spiro atoms. The minimum atomic E-state index is 0. The Balaban J connectivity index is 0.000000617. The van der Waals surface area contributed by atoms with Crippen LogP contribution in [0.25, 0.3) is 11.3 Å². The SMILES string of the molecule is Cn1cnc(-c2[c-]cccc2)c1.[CH3-].[Cl][Ir+2]. The van der Waals surface area contributed by atoms with Gasteiger partial charge >= 0.3 is 27.5 Å². The van der Waals surface area contributed by atoms with Crippen molar-refractivity contribution in [1.29, 1.82) is 0 Å². The van der Waals surface area contributed by atoms with Crippen molar-refractivity contribution in [2.45, 2.75) is 0 Å². The first-order valence-electron chi connectivity index (χ1n) is 3.94. The molecule has 1 aromatic carbocycles. The molecular formula is C11H12ClIrN2. The molecule has 15 heavy (non-hydrogen) atoms. The van der Waals surface area contributed by atoms with E-state index in [2.05, 4.69) is 20.6 Å². The van der Waals surface area contributed by atoms with Crippen molar-refractivity contribution < 1.29 is 17.9 Å². The molecule has 0 saturated heterocycles. The fraction of sp³-hybridized carbons (Fsp3) is 0.0909. The van der Waals surface area contributed by atoms with E-state index in [-0.39, 0.29) is 7.43 Å². The van der Waals surface area contributed by atoms with Crippen molar-refractivity contribution in [2.75, 3.05) is 0 Å². The van der Waals surface area contributed by atoms with Gasteiger partial charge < -0.3 is 12.0 Å². The van der Waals surface area contributed by atoms with E-state index in [0.29, 0.717) is 0 Å². The molecule has 0 radical (unpaired) electrons. The van der Waals surface area contributed by atoms with Gasteiger partial charge in [-0.3, -0.25) is 4.98 Å². The molecule has 0 aliphatic heterocycles. The third kappa shape index (κ3) is 4.17. The molecule has 0 bridgehead atoms. The Bertz CT molecular complexity index is 373. The third-order valence-corrected chi connectivity index (χ3v) is 1.69. The van der Waals surface area contributed by atoms with Gasteiger partial charge in [-0.25, -0.2) is 0 Å². The summed E-state index contributed by atoms with van der Waals surface area (Å²) in [5, 5.41) is 0. The molecule has 2 nitrogen and oxygen atoms in total. The average Bonchev–Trinajstić information content (AvgIpc) is 2.69. The zero-order chi connectivity index (χ0) is 10.4. The topological polar surface area (TPSA) is 17.8 Å². The van der Waals surface area contributed by atoms with Gasteiger partial charge in [-0.1, -0.05) is 0 Å². The van der Waals surface area contributed by atoms with Crippen molar-refractivity contribution >= 4 is 9.58 Å². The van der Waals surface area contributed by atoms with Crippen LogP contribution in [-0.4, -0.2) is 9.55 Å². The van der Waals surface area contributed by atoms with Gasteiger partial charge in [-0.05, 0) is 6.20 Å². The fourth-order valence-corrected chi connectivity index (χ4v) is 1.10. The second-order valence-corrected chi connectivity index (χ2v) is 2.70. The summed E-state index contributed by atoms with van der Waals surface area (Å²) < 4.78 is 1.93. The number of nitrogens with zero attached hydrogens (tertiary/aromatic N) is 2. The van der Waals surface area contributed by atoms with Crippen molar-refractivity contribution in [1.82, 2.24) is 9.55 Å². The van der Waals surface area contributed by atoms with Crippen LogP contribution in [0.2, 0.25) is 0 Å². The summed E-state index contributed by atoms with van der Waals surface area (Å²) in [6.07, 6.45) is 3.77. The van der Waals surface area contributed by atoms with Crippen LogP contribution in [0.3, 0.4) is 0 Å². The Morgan fingerprint density at radius 3 is 2.60 bits per heavy atom. The van der Waals surface area contributed by atoms with E-state index in [4.69, 9.17) is 0 Å². The number of benzene rings is 1. The van der Waals surface area contributed by atoms with E-state index in [0.717, 1.165) is 11.3 Å². The van der Waals surface area contributed by atoms with E-state index < -0.39 is 0 Å². The number of aromatic nitrogens is 2. The molecular weight excluding hydrogens is 388 g/mol. The first-order chi connectivity index (χ1) is 6.86. The van der Waals surface area contributed by atoms with E-state index in [1.54, 1.807) is 6.33 Å². The van der Waals surface area contributed by atoms with Gasteiger partial charge in [0.25, 0.3) is 0 Å². The van der Waals surface area contributed by atoms with Gasteiger partial charge in [-0.2, -0.15) is 0 Å². The maximum atomic E-state index is 4.64. The summed E-state index contributed by atoms with van der Waals surface area (Å²) in [5.74, 6) is 0. The number of aryl methyl sites for hydroxylation is 1. The second-order valence-electron chi connectivity index (χ2n) is 2.70. The molecule has 1 aromatic heterocycles. The quantitative estimate of drug-likeness (QED) is 0.674. The van der Waals surface area contributed by atoms with Crippen LogP contribution in [0.5, 0.6) is 0 Å². The van der Waals surface area contributed by atoms with E-state index in [1.165, 1.54) is 17.9 Å². The molecule has 4 heteroatoms. The molecule has 0 fully saturated rings. The normalized spacial score (nSPS) is 8.47. The summed E-state index contributed by atoms with van der Waals surface area (Å²) in [5.41, 5.74) is 2.01. The van der Waals surface area contributed by atoms with Gasteiger partial charge in [0.15, 0.2) is 0 Å². The molecule has 0 amide bonds.